The van der Waals surface area contributed by atoms with Crippen LogP contribution in [0.5, 0.6) is 5.75 Å². The van der Waals surface area contributed by atoms with Gasteiger partial charge in [-0.1, -0.05) is 42.5 Å². The second-order valence-electron chi connectivity index (χ2n) is 6.79. The number of H-pyrrole nitrogens is 1. The van der Waals surface area contributed by atoms with Gasteiger partial charge in [-0.2, -0.15) is 5.26 Å². The number of carbonyl (C=O) groups excluding carboxylic acids is 1. The first-order valence-electron chi connectivity index (χ1n) is 9.64. The van der Waals surface area contributed by atoms with Crippen molar-refractivity contribution in [1.82, 2.24) is 9.97 Å². The van der Waals surface area contributed by atoms with Crippen molar-refractivity contribution in [2.75, 3.05) is 7.11 Å². The summed E-state index contributed by atoms with van der Waals surface area (Å²) in [6.45, 7) is 0.318. The van der Waals surface area contributed by atoms with Gasteiger partial charge in [0.25, 0.3) is 0 Å². The van der Waals surface area contributed by atoms with Gasteiger partial charge in [0.2, 0.25) is 0 Å². The highest BCUT2D eigenvalue weighted by molar-refractivity contribution is 5.91. The molecule has 0 fully saturated rings. The Balaban J connectivity index is 1.56. The number of para-hydroxylation sites is 3. The van der Waals surface area contributed by atoms with Crippen molar-refractivity contribution in [3.63, 3.8) is 0 Å². The minimum atomic E-state index is -0.377. The average Bonchev–Trinajstić information content (AvgIpc) is 3.25. The molecule has 0 aliphatic rings. The molecule has 1 aromatic heterocycles. The van der Waals surface area contributed by atoms with Gasteiger partial charge in [0, 0.05) is 5.56 Å². The van der Waals surface area contributed by atoms with Crippen LogP contribution in [0.4, 0.5) is 0 Å². The second-order valence-corrected chi connectivity index (χ2v) is 6.79. The highest BCUT2D eigenvalue weighted by Gasteiger charge is 2.10. The number of aromatic nitrogens is 2. The molecular formula is C25H19N3O3. The van der Waals surface area contributed by atoms with Crippen molar-refractivity contribution in [3.8, 4) is 11.8 Å². The molecule has 0 saturated heterocycles. The Labute approximate surface area is 179 Å². The van der Waals surface area contributed by atoms with Crippen LogP contribution in [-0.4, -0.2) is 23.0 Å². The van der Waals surface area contributed by atoms with E-state index in [0.717, 1.165) is 22.2 Å². The highest BCUT2D eigenvalue weighted by atomic mass is 16.5. The molecule has 6 heteroatoms. The first-order valence-corrected chi connectivity index (χ1v) is 9.64. The molecule has 0 spiro atoms. The number of hydrogen-bond acceptors (Lipinski definition) is 5. The molecule has 0 amide bonds. The fraction of sp³-hybridized carbons (Fsp3) is 0.0800. The lowest BCUT2D eigenvalue weighted by atomic mass is 10.1. The molecule has 152 valence electrons. The van der Waals surface area contributed by atoms with Gasteiger partial charge in [0.15, 0.2) is 0 Å². The summed E-state index contributed by atoms with van der Waals surface area (Å²) in [5.74, 6) is 0.776. The van der Waals surface area contributed by atoms with E-state index in [1.54, 1.807) is 18.2 Å². The number of benzene rings is 3. The molecule has 6 nitrogen and oxygen atoms in total. The number of allylic oxidation sites excluding steroid dienone is 1. The van der Waals surface area contributed by atoms with Crippen LogP contribution in [-0.2, 0) is 11.3 Å². The van der Waals surface area contributed by atoms with E-state index in [2.05, 4.69) is 16.0 Å². The molecule has 0 unspecified atom stereocenters. The molecule has 0 atom stereocenters. The maximum atomic E-state index is 11.6. The van der Waals surface area contributed by atoms with E-state index < -0.39 is 0 Å². The summed E-state index contributed by atoms with van der Waals surface area (Å²) < 4.78 is 10.7. The van der Waals surface area contributed by atoms with E-state index in [1.165, 1.54) is 7.11 Å². The van der Waals surface area contributed by atoms with E-state index in [4.69, 9.17) is 9.47 Å². The maximum Gasteiger partial charge on any atom is 0.337 e. The van der Waals surface area contributed by atoms with Crippen LogP contribution in [0, 0.1) is 11.3 Å². The third kappa shape index (κ3) is 4.46. The van der Waals surface area contributed by atoms with E-state index in [9.17, 15) is 10.1 Å². The van der Waals surface area contributed by atoms with Gasteiger partial charge in [-0.3, -0.25) is 0 Å². The number of aromatic amines is 1. The third-order valence-electron chi connectivity index (χ3n) is 4.75. The zero-order valence-electron chi connectivity index (χ0n) is 16.8. The van der Waals surface area contributed by atoms with Crippen molar-refractivity contribution in [2.24, 2.45) is 0 Å². The fourth-order valence-electron chi connectivity index (χ4n) is 3.14. The van der Waals surface area contributed by atoms with E-state index in [-0.39, 0.29) is 5.97 Å². The molecule has 0 saturated carbocycles. The van der Waals surface area contributed by atoms with Crippen molar-refractivity contribution in [3.05, 3.63) is 95.3 Å². The molecule has 4 aromatic rings. The summed E-state index contributed by atoms with van der Waals surface area (Å²) in [4.78, 5) is 19.3. The second kappa shape index (κ2) is 8.97. The van der Waals surface area contributed by atoms with Gasteiger partial charge >= 0.3 is 5.97 Å². The van der Waals surface area contributed by atoms with Gasteiger partial charge in [-0.25, -0.2) is 9.78 Å². The van der Waals surface area contributed by atoms with Crippen LogP contribution in [0.2, 0.25) is 0 Å². The molecule has 1 heterocycles. The normalized spacial score (nSPS) is 11.2. The Bertz CT molecular complexity index is 1260. The van der Waals surface area contributed by atoms with Crippen LogP contribution < -0.4 is 4.74 Å². The largest absolute Gasteiger partial charge is 0.488 e. The predicted octanol–water partition coefficient (Wildman–Crippen LogP) is 4.99. The van der Waals surface area contributed by atoms with Crippen molar-refractivity contribution in [2.45, 2.75) is 6.61 Å². The first kappa shape index (κ1) is 19.9. The number of fused-ring (bicyclic) bond motifs is 1. The lowest BCUT2D eigenvalue weighted by molar-refractivity contribution is 0.0600. The van der Waals surface area contributed by atoms with Gasteiger partial charge < -0.3 is 14.5 Å². The Morgan fingerprint density at radius 1 is 1.06 bits per heavy atom. The van der Waals surface area contributed by atoms with E-state index in [0.29, 0.717) is 29.3 Å². The number of hydrogen-bond donors (Lipinski definition) is 1. The zero-order valence-corrected chi connectivity index (χ0v) is 16.8. The maximum absolute atomic E-state index is 11.6. The number of carbonyl (C=O) groups is 1. The SMILES string of the molecule is COC(=O)c1ccc(COc2ccccc2/C=C(\C#N)c2nc3ccccc3[nH]2)cc1. The quantitative estimate of drug-likeness (QED) is 0.358. The molecule has 1 N–H and O–H groups in total. The summed E-state index contributed by atoms with van der Waals surface area (Å²) in [6, 6.07) is 24.4. The highest BCUT2D eigenvalue weighted by Crippen LogP contribution is 2.25. The molecule has 0 aliphatic heterocycles. The van der Waals surface area contributed by atoms with Gasteiger partial charge in [-0.15, -0.1) is 0 Å². The number of nitrogens with zero attached hydrogens (tertiary/aromatic N) is 2. The Kier molecular flexibility index (Phi) is 5.77. The number of imidazole rings is 1. The molecule has 0 bridgehead atoms. The van der Waals surface area contributed by atoms with Crippen LogP contribution in [0.3, 0.4) is 0 Å². The fourth-order valence-corrected chi connectivity index (χ4v) is 3.14. The van der Waals surface area contributed by atoms with Crippen molar-refractivity contribution in [1.29, 1.82) is 5.26 Å². The molecule has 0 radical (unpaired) electrons. The number of esters is 1. The monoisotopic (exact) mass is 409 g/mol. The van der Waals surface area contributed by atoms with Crippen LogP contribution in [0.15, 0.2) is 72.8 Å². The number of nitrogens with one attached hydrogen (secondary N) is 1. The van der Waals surface area contributed by atoms with Gasteiger partial charge in [0.05, 0.1) is 29.3 Å². The zero-order chi connectivity index (χ0) is 21.6. The van der Waals surface area contributed by atoms with Gasteiger partial charge in [0.1, 0.15) is 24.3 Å². The summed E-state index contributed by atoms with van der Waals surface area (Å²) in [5, 5.41) is 9.70. The van der Waals surface area contributed by atoms with E-state index >= 15 is 0 Å². The molecular weight excluding hydrogens is 390 g/mol. The topological polar surface area (TPSA) is 88.0 Å². The van der Waals surface area contributed by atoms with Crippen LogP contribution in [0.1, 0.15) is 27.3 Å². The minimum Gasteiger partial charge on any atom is -0.488 e. The number of rotatable bonds is 6. The van der Waals surface area contributed by atoms with Gasteiger partial charge in [-0.05, 0) is 42.0 Å². The van der Waals surface area contributed by atoms with E-state index in [1.807, 2.05) is 60.7 Å². The number of methoxy groups -OCH3 is 1. The average molecular weight is 409 g/mol. The minimum absolute atomic E-state index is 0.318. The summed E-state index contributed by atoms with van der Waals surface area (Å²) in [6.07, 6.45) is 1.76. The summed E-state index contributed by atoms with van der Waals surface area (Å²) in [7, 11) is 1.35. The number of nitriles is 1. The lowest BCUT2D eigenvalue weighted by Crippen LogP contribution is -2.02. The summed E-state index contributed by atoms with van der Waals surface area (Å²) >= 11 is 0. The lowest BCUT2D eigenvalue weighted by Gasteiger charge is -2.10. The predicted molar refractivity (Wildman–Crippen MR) is 118 cm³/mol. The molecule has 3 aromatic carbocycles. The molecule has 0 aliphatic carbocycles. The Hall–Kier alpha value is -4.37. The standard InChI is InChI=1S/C25H19N3O3/c1-30-25(29)18-12-10-17(11-13-18)16-31-23-9-5-2-6-19(23)14-20(15-26)24-27-21-7-3-4-8-22(21)28-24/h2-14H,16H2,1H3,(H,27,28)/b20-14+. The Morgan fingerprint density at radius 3 is 2.55 bits per heavy atom. The van der Waals surface area contributed by atoms with Crippen LogP contribution >= 0.6 is 0 Å². The smallest absolute Gasteiger partial charge is 0.337 e. The van der Waals surface area contributed by atoms with Crippen molar-refractivity contribution >= 4 is 28.7 Å². The van der Waals surface area contributed by atoms with Crippen LogP contribution in [0.25, 0.3) is 22.7 Å². The van der Waals surface area contributed by atoms with Crippen molar-refractivity contribution < 1.29 is 14.3 Å². The number of ether oxygens (including phenoxy) is 2. The Morgan fingerprint density at radius 2 is 1.81 bits per heavy atom. The summed E-state index contributed by atoms with van der Waals surface area (Å²) in [5.41, 5.74) is 4.25. The first-order chi connectivity index (χ1) is 15.2. The third-order valence-corrected chi connectivity index (χ3v) is 4.75. The molecule has 31 heavy (non-hydrogen) atoms. The molecule has 4 rings (SSSR count).